The van der Waals surface area contributed by atoms with E-state index in [-0.39, 0.29) is 5.71 Å². The van der Waals surface area contributed by atoms with E-state index in [1.807, 2.05) is 24.3 Å². The zero-order valence-corrected chi connectivity index (χ0v) is 13.0. The Morgan fingerprint density at radius 3 is 2.56 bits per heavy atom. The number of nitrogens with zero attached hydrogens (tertiary/aromatic N) is 2. The molecule has 0 radical (unpaired) electrons. The van der Waals surface area contributed by atoms with Crippen LogP contribution in [-0.4, -0.2) is 28.5 Å². The molecule has 1 heterocycles. The van der Waals surface area contributed by atoms with Crippen LogP contribution in [0.2, 0.25) is 0 Å². The Balaban J connectivity index is 2.03. The highest BCUT2D eigenvalue weighted by atomic mass is 19.4. The Bertz CT molecular complexity index is 892. The maximum absolute atomic E-state index is 13.6. The topological polar surface area (TPSA) is 64.7 Å². The monoisotopic (exact) mass is 350 g/mol. The normalized spacial score (nSPS) is 23.7. The molecule has 0 N–H and O–H groups in total. The van der Waals surface area contributed by atoms with Gasteiger partial charge in [0.05, 0.1) is 0 Å². The van der Waals surface area contributed by atoms with E-state index in [1.54, 1.807) is 18.2 Å². The first-order valence-corrected chi connectivity index (χ1v) is 7.35. The molecule has 130 valence electrons. The first-order valence-electron chi connectivity index (χ1n) is 7.35. The Morgan fingerprint density at radius 2 is 1.92 bits per heavy atom. The molecule has 8 heteroatoms. The second kappa shape index (κ2) is 5.87. The van der Waals surface area contributed by atoms with Gasteiger partial charge in [-0.15, -0.1) is 0 Å². The van der Waals surface area contributed by atoms with Gasteiger partial charge < -0.3 is 4.84 Å². The highest BCUT2D eigenvalue weighted by molar-refractivity contribution is 5.89. The van der Waals surface area contributed by atoms with Crippen molar-refractivity contribution in [2.24, 2.45) is 5.16 Å². The van der Waals surface area contributed by atoms with E-state index < -0.39 is 22.7 Å². The molecule has 25 heavy (non-hydrogen) atoms. The number of hydrogen-bond donors (Lipinski definition) is 0. The second-order valence-corrected chi connectivity index (χ2v) is 5.74. The fraction of sp³-hybridized carbons (Fsp3) is 0.235. The van der Waals surface area contributed by atoms with Crippen molar-refractivity contribution >= 4 is 22.6 Å². The predicted octanol–water partition coefficient (Wildman–Crippen LogP) is 4.21. The number of fused-ring (bicyclic) bond motifs is 1. The van der Waals surface area contributed by atoms with Gasteiger partial charge in [-0.3, -0.25) is 10.1 Å². The molecule has 0 aromatic heterocycles. The number of alkyl halides is 3. The minimum absolute atomic E-state index is 0.328. The van der Waals surface area contributed by atoms with Crippen LogP contribution in [0.15, 0.2) is 53.7 Å². The molecule has 0 fully saturated rings. The first kappa shape index (κ1) is 16.9. The molecule has 0 saturated heterocycles. The molecule has 3 rings (SSSR count). The van der Waals surface area contributed by atoms with Crippen LogP contribution >= 0.6 is 0 Å². The highest BCUT2D eigenvalue weighted by Crippen LogP contribution is 2.43. The van der Waals surface area contributed by atoms with E-state index in [0.717, 1.165) is 17.7 Å². The molecular formula is C17H13F3N2O3. The minimum atomic E-state index is -5.00. The summed E-state index contributed by atoms with van der Waals surface area (Å²) in [5, 5.41) is 16.2. The van der Waals surface area contributed by atoms with Crippen molar-refractivity contribution in [1.82, 2.24) is 0 Å². The van der Waals surface area contributed by atoms with Crippen LogP contribution in [0.3, 0.4) is 0 Å². The van der Waals surface area contributed by atoms with Gasteiger partial charge in [0.1, 0.15) is 5.71 Å². The second-order valence-electron chi connectivity index (χ2n) is 5.74. The molecule has 0 spiro atoms. The molecule has 0 aliphatic carbocycles. The van der Waals surface area contributed by atoms with Crippen LogP contribution in [0.4, 0.5) is 13.2 Å². The smallest absolute Gasteiger partial charge is 0.367 e. The lowest BCUT2D eigenvalue weighted by atomic mass is 9.90. The number of rotatable bonds is 3. The lowest BCUT2D eigenvalue weighted by Crippen LogP contribution is -2.56. The van der Waals surface area contributed by atoms with Crippen LogP contribution in [-0.2, 0) is 4.84 Å². The predicted molar refractivity (Wildman–Crippen MR) is 86.7 cm³/mol. The minimum Gasteiger partial charge on any atom is -0.367 e. The number of benzene rings is 2. The molecular weight excluding hydrogens is 337 g/mol. The Morgan fingerprint density at radius 1 is 1.24 bits per heavy atom. The molecule has 0 saturated carbocycles. The zero-order chi connectivity index (χ0) is 18.2. The van der Waals surface area contributed by atoms with Crippen LogP contribution in [0, 0.1) is 10.1 Å². The fourth-order valence-corrected chi connectivity index (χ4v) is 2.82. The summed E-state index contributed by atoms with van der Waals surface area (Å²) in [7, 11) is 0. The quantitative estimate of drug-likeness (QED) is 0.615. The highest BCUT2D eigenvalue weighted by Gasteiger charge is 2.70. The average molecular weight is 350 g/mol. The van der Waals surface area contributed by atoms with Gasteiger partial charge in [0, 0.05) is 4.92 Å². The van der Waals surface area contributed by atoms with Crippen LogP contribution in [0.1, 0.15) is 12.5 Å². The fourth-order valence-electron chi connectivity index (χ4n) is 2.82. The first-order chi connectivity index (χ1) is 11.7. The summed E-state index contributed by atoms with van der Waals surface area (Å²) in [6, 6.07) is 10.3. The Hall–Kier alpha value is -2.90. The van der Waals surface area contributed by atoms with Crippen molar-refractivity contribution in [3.05, 3.63) is 64.2 Å². The van der Waals surface area contributed by atoms with Crippen molar-refractivity contribution in [2.75, 3.05) is 0 Å². The average Bonchev–Trinajstić information content (AvgIpc) is 2.90. The van der Waals surface area contributed by atoms with E-state index in [0.29, 0.717) is 11.6 Å². The van der Waals surface area contributed by atoms with Gasteiger partial charge in [0.2, 0.25) is 0 Å². The number of nitro groups is 1. The van der Waals surface area contributed by atoms with E-state index in [9.17, 15) is 23.3 Å². The summed E-state index contributed by atoms with van der Waals surface area (Å²) < 4.78 is 40.8. The molecule has 0 amide bonds. The van der Waals surface area contributed by atoms with Crippen molar-refractivity contribution in [2.45, 2.75) is 24.7 Å². The SMILES string of the molecule is CC1=NO[C@](/C=C/c2ccc3ccccc3c2)(C(F)(F)F)[C@H]1[N+](=O)[O-]. The third-order valence-electron chi connectivity index (χ3n) is 4.09. The van der Waals surface area contributed by atoms with Gasteiger partial charge in [0.15, 0.2) is 0 Å². The molecule has 2 aromatic rings. The maximum Gasteiger partial charge on any atom is 0.442 e. The summed E-state index contributed by atoms with van der Waals surface area (Å²) in [5.74, 6) is 0. The molecule has 2 aromatic carbocycles. The van der Waals surface area contributed by atoms with E-state index >= 15 is 0 Å². The van der Waals surface area contributed by atoms with Crippen molar-refractivity contribution in [1.29, 1.82) is 0 Å². The molecule has 0 bridgehead atoms. The molecule has 0 unspecified atom stereocenters. The van der Waals surface area contributed by atoms with E-state index in [4.69, 9.17) is 0 Å². The number of oxime groups is 1. The molecule has 2 atom stereocenters. The molecule has 1 aliphatic rings. The van der Waals surface area contributed by atoms with Crippen molar-refractivity contribution in [3.8, 4) is 0 Å². The molecule has 5 nitrogen and oxygen atoms in total. The third-order valence-corrected chi connectivity index (χ3v) is 4.09. The Labute approximate surface area is 140 Å². The molecule has 1 aliphatic heterocycles. The van der Waals surface area contributed by atoms with Gasteiger partial charge in [-0.1, -0.05) is 47.6 Å². The summed E-state index contributed by atoms with van der Waals surface area (Å²) >= 11 is 0. The standard InChI is InChI=1S/C17H13F3N2O3/c1-11-15(22(23)24)16(25-21-11,17(18,19)20)9-8-12-6-7-13-4-2-3-5-14(13)10-12/h2-10,15H,1H3/b9-8+/t15-,16-/m0/s1. The zero-order valence-electron chi connectivity index (χ0n) is 13.0. The van der Waals surface area contributed by atoms with Gasteiger partial charge in [-0.25, -0.2) is 0 Å². The van der Waals surface area contributed by atoms with Crippen LogP contribution in [0.5, 0.6) is 0 Å². The number of halogens is 3. The number of hydrogen-bond acceptors (Lipinski definition) is 4. The van der Waals surface area contributed by atoms with Crippen molar-refractivity contribution in [3.63, 3.8) is 0 Å². The van der Waals surface area contributed by atoms with Gasteiger partial charge in [-0.05, 0) is 35.4 Å². The Kier molecular flexibility index (Phi) is 3.98. The summed E-state index contributed by atoms with van der Waals surface area (Å²) in [5.41, 5.74) is -2.98. The van der Waals surface area contributed by atoms with Crippen LogP contribution < -0.4 is 0 Å². The lowest BCUT2D eigenvalue weighted by molar-refractivity contribution is -0.531. The largest absolute Gasteiger partial charge is 0.442 e. The van der Waals surface area contributed by atoms with E-state index in [2.05, 4.69) is 9.99 Å². The van der Waals surface area contributed by atoms with Gasteiger partial charge in [-0.2, -0.15) is 13.2 Å². The summed E-state index contributed by atoms with van der Waals surface area (Å²) in [6.07, 6.45) is -3.16. The van der Waals surface area contributed by atoms with Gasteiger partial charge >= 0.3 is 17.8 Å². The van der Waals surface area contributed by atoms with E-state index in [1.165, 1.54) is 6.08 Å². The lowest BCUT2D eigenvalue weighted by Gasteiger charge is -2.27. The van der Waals surface area contributed by atoms with Crippen LogP contribution in [0.25, 0.3) is 16.8 Å². The van der Waals surface area contributed by atoms with Crippen molar-refractivity contribution < 1.29 is 22.9 Å². The maximum atomic E-state index is 13.6. The third kappa shape index (κ3) is 2.84. The summed E-state index contributed by atoms with van der Waals surface area (Å²) in [4.78, 5) is 14.7. The summed E-state index contributed by atoms with van der Waals surface area (Å²) in [6.45, 7) is 1.14. The van der Waals surface area contributed by atoms with Gasteiger partial charge in [0.25, 0.3) is 0 Å².